The summed E-state index contributed by atoms with van der Waals surface area (Å²) in [6.45, 7) is 5.23. The number of methoxy groups -OCH3 is 1. The van der Waals surface area contributed by atoms with Crippen LogP contribution in [-0.4, -0.2) is 50.9 Å². The Labute approximate surface area is 131 Å². The van der Waals surface area contributed by atoms with Crippen molar-refractivity contribution in [1.82, 2.24) is 4.90 Å². The number of esters is 1. The molecule has 6 heteroatoms. The van der Waals surface area contributed by atoms with Crippen LogP contribution in [0.2, 0.25) is 0 Å². The van der Waals surface area contributed by atoms with Gasteiger partial charge in [-0.05, 0) is 40.4 Å². The van der Waals surface area contributed by atoms with Crippen LogP contribution in [-0.2, 0) is 4.74 Å². The van der Waals surface area contributed by atoms with Gasteiger partial charge >= 0.3 is 5.97 Å². The van der Waals surface area contributed by atoms with E-state index in [4.69, 9.17) is 15.2 Å². The first kappa shape index (κ1) is 18.0. The van der Waals surface area contributed by atoms with Crippen molar-refractivity contribution in [1.29, 1.82) is 0 Å². The Morgan fingerprint density at radius 3 is 2.59 bits per heavy atom. The largest absolute Gasteiger partial charge is 0.492 e. The number of nitrogen functional groups attached to an aromatic ring is 1. The molecule has 1 rings (SSSR count). The number of nitrogens with zero attached hydrogens (tertiary/aromatic N) is 2. The highest BCUT2D eigenvalue weighted by Crippen LogP contribution is 2.33. The number of nitrogens with two attached hydrogens (primary N) is 1. The van der Waals surface area contributed by atoms with Crippen LogP contribution in [0.15, 0.2) is 17.1 Å². The molecule has 0 unspecified atom stereocenters. The smallest absolute Gasteiger partial charge is 0.340 e. The molecule has 1 aromatic carbocycles. The Bertz CT molecular complexity index is 554. The number of ether oxygens (including phenoxy) is 2. The number of aliphatic imine (C=N–C) groups is 1. The van der Waals surface area contributed by atoms with Crippen LogP contribution in [0.4, 0.5) is 11.4 Å². The molecule has 6 nitrogen and oxygen atoms in total. The van der Waals surface area contributed by atoms with Gasteiger partial charge < -0.3 is 20.1 Å². The molecule has 0 aliphatic carbocycles. The predicted octanol–water partition coefficient (Wildman–Crippen LogP) is 2.50. The van der Waals surface area contributed by atoms with E-state index < -0.39 is 5.97 Å². The SMILES string of the molecule is CCOc1cc(N)c(C(=O)OC)cc1N=C(C)CCN(C)C. The van der Waals surface area contributed by atoms with Crippen molar-refractivity contribution in [2.24, 2.45) is 4.99 Å². The molecule has 22 heavy (non-hydrogen) atoms. The van der Waals surface area contributed by atoms with Gasteiger partial charge in [-0.3, -0.25) is 4.99 Å². The van der Waals surface area contributed by atoms with Gasteiger partial charge in [0.25, 0.3) is 0 Å². The van der Waals surface area contributed by atoms with E-state index >= 15 is 0 Å². The molecule has 0 spiro atoms. The van der Waals surface area contributed by atoms with Crippen LogP contribution in [0.25, 0.3) is 0 Å². The van der Waals surface area contributed by atoms with Gasteiger partial charge in [0.15, 0.2) is 0 Å². The summed E-state index contributed by atoms with van der Waals surface area (Å²) in [7, 11) is 5.35. The highest BCUT2D eigenvalue weighted by Gasteiger charge is 2.15. The Hall–Kier alpha value is -2.08. The summed E-state index contributed by atoms with van der Waals surface area (Å²) < 4.78 is 10.3. The van der Waals surface area contributed by atoms with Crippen molar-refractivity contribution < 1.29 is 14.3 Å². The van der Waals surface area contributed by atoms with Gasteiger partial charge in [0.2, 0.25) is 0 Å². The van der Waals surface area contributed by atoms with Crippen molar-refractivity contribution >= 4 is 23.1 Å². The topological polar surface area (TPSA) is 77.1 Å². The summed E-state index contributed by atoms with van der Waals surface area (Å²) in [5.74, 6) is 0.0831. The standard InChI is InChI=1S/C16H25N3O3/c1-6-22-15-10-13(17)12(16(20)21-5)9-14(15)18-11(2)7-8-19(3)4/h9-10H,6-8,17H2,1-5H3. The zero-order valence-electron chi connectivity index (χ0n) is 14.0. The second-order valence-electron chi connectivity index (χ2n) is 5.23. The van der Waals surface area contributed by atoms with Crippen molar-refractivity contribution in [2.75, 3.05) is 40.1 Å². The van der Waals surface area contributed by atoms with E-state index in [2.05, 4.69) is 9.89 Å². The van der Waals surface area contributed by atoms with Gasteiger partial charge in [0.05, 0.1) is 19.3 Å². The quantitative estimate of drug-likeness (QED) is 0.476. The summed E-state index contributed by atoms with van der Waals surface area (Å²) in [4.78, 5) is 18.4. The molecule has 0 aliphatic heterocycles. The van der Waals surface area contributed by atoms with Gasteiger partial charge in [-0.25, -0.2) is 4.79 Å². The number of hydrogen-bond acceptors (Lipinski definition) is 6. The zero-order valence-corrected chi connectivity index (χ0v) is 14.0. The molecule has 2 N–H and O–H groups in total. The van der Waals surface area contributed by atoms with E-state index in [1.807, 2.05) is 27.9 Å². The molecule has 0 bridgehead atoms. The van der Waals surface area contributed by atoms with Crippen LogP contribution in [0.3, 0.4) is 0 Å². The van der Waals surface area contributed by atoms with Gasteiger partial charge in [-0.1, -0.05) is 0 Å². The van der Waals surface area contributed by atoms with Crippen LogP contribution < -0.4 is 10.5 Å². The van der Waals surface area contributed by atoms with E-state index in [-0.39, 0.29) is 0 Å². The van der Waals surface area contributed by atoms with Crippen molar-refractivity contribution in [2.45, 2.75) is 20.3 Å². The average Bonchev–Trinajstić information content (AvgIpc) is 2.47. The predicted molar refractivity (Wildman–Crippen MR) is 89.3 cm³/mol. The number of carbonyl (C=O) groups is 1. The minimum absolute atomic E-state index is 0.296. The maximum atomic E-state index is 11.8. The summed E-state index contributed by atoms with van der Waals surface area (Å²) in [6.07, 6.45) is 0.830. The van der Waals surface area contributed by atoms with Crippen molar-refractivity contribution in [3.05, 3.63) is 17.7 Å². The average molecular weight is 307 g/mol. The maximum Gasteiger partial charge on any atom is 0.340 e. The lowest BCUT2D eigenvalue weighted by Crippen LogP contribution is -2.15. The van der Waals surface area contributed by atoms with E-state index in [9.17, 15) is 4.79 Å². The lowest BCUT2D eigenvalue weighted by Gasteiger charge is -2.13. The second kappa shape index (κ2) is 8.38. The first-order valence-corrected chi connectivity index (χ1v) is 7.22. The highest BCUT2D eigenvalue weighted by molar-refractivity contribution is 5.97. The maximum absolute atomic E-state index is 11.8. The van der Waals surface area contributed by atoms with Gasteiger partial charge in [0, 0.05) is 24.0 Å². The Morgan fingerprint density at radius 2 is 2.05 bits per heavy atom. The van der Waals surface area contributed by atoms with E-state index in [1.54, 1.807) is 12.1 Å². The molecule has 0 saturated heterocycles. The third-order valence-electron chi connectivity index (χ3n) is 3.07. The molecule has 0 fully saturated rings. The lowest BCUT2D eigenvalue weighted by molar-refractivity contribution is 0.0602. The van der Waals surface area contributed by atoms with Crippen LogP contribution in [0.5, 0.6) is 5.75 Å². The minimum atomic E-state index is -0.483. The summed E-state index contributed by atoms with van der Waals surface area (Å²) in [6, 6.07) is 3.24. The van der Waals surface area contributed by atoms with E-state index in [1.165, 1.54) is 7.11 Å². The van der Waals surface area contributed by atoms with Gasteiger partial charge in [-0.2, -0.15) is 0 Å². The normalized spacial score (nSPS) is 11.6. The Balaban J connectivity index is 3.18. The molecule has 0 radical (unpaired) electrons. The number of rotatable bonds is 7. The molecular formula is C16H25N3O3. The number of anilines is 1. The molecule has 0 aliphatic rings. The minimum Gasteiger partial charge on any atom is -0.492 e. The molecular weight excluding hydrogens is 282 g/mol. The summed E-state index contributed by atoms with van der Waals surface area (Å²) in [5, 5.41) is 0. The van der Waals surface area contributed by atoms with Gasteiger partial charge in [0.1, 0.15) is 11.4 Å². The Kier molecular flexibility index (Phi) is 6.85. The number of carbonyl (C=O) groups excluding carboxylic acids is 1. The van der Waals surface area contributed by atoms with Crippen LogP contribution in [0.1, 0.15) is 30.6 Å². The fraction of sp³-hybridized carbons (Fsp3) is 0.500. The molecule has 0 heterocycles. The van der Waals surface area contributed by atoms with Crippen molar-refractivity contribution in [3.8, 4) is 5.75 Å². The lowest BCUT2D eigenvalue weighted by atomic mass is 10.1. The molecule has 1 aromatic rings. The van der Waals surface area contributed by atoms with Gasteiger partial charge in [-0.15, -0.1) is 0 Å². The number of benzene rings is 1. The fourth-order valence-corrected chi connectivity index (χ4v) is 1.88. The summed E-state index contributed by atoms with van der Waals surface area (Å²) in [5.41, 5.74) is 8.05. The molecule has 0 atom stereocenters. The van der Waals surface area contributed by atoms with Crippen LogP contribution >= 0.6 is 0 Å². The third-order valence-corrected chi connectivity index (χ3v) is 3.07. The first-order chi connectivity index (χ1) is 10.4. The third kappa shape index (κ3) is 5.04. The summed E-state index contributed by atoms with van der Waals surface area (Å²) >= 11 is 0. The van der Waals surface area contributed by atoms with E-state index in [0.717, 1.165) is 18.7 Å². The number of hydrogen-bond donors (Lipinski definition) is 1. The Morgan fingerprint density at radius 1 is 1.36 bits per heavy atom. The van der Waals surface area contributed by atoms with Crippen LogP contribution in [0, 0.1) is 0 Å². The fourth-order valence-electron chi connectivity index (χ4n) is 1.88. The molecule has 0 saturated carbocycles. The van der Waals surface area contributed by atoms with Crippen molar-refractivity contribution in [3.63, 3.8) is 0 Å². The monoisotopic (exact) mass is 307 g/mol. The van der Waals surface area contributed by atoms with E-state index in [0.29, 0.717) is 29.3 Å². The zero-order chi connectivity index (χ0) is 16.7. The first-order valence-electron chi connectivity index (χ1n) is 7.22. The molecule has 0 aromatic heterocycles. The highest BCUT2D eigenvalue weighted by atomic mass is 16.5. The molecule has 122 valence electrons. The second-order valence-corrected chi connectivity index (χ2v) is 5.23. The molecule has 0 amide bonds.